The third-order valence-corrected chi connectivity index (χ3v) is 6.67. The number of amides is 1. The van der Waals surface area contributed by atoms with Crippen LogP contribution in [0.5, 0.6) is 5.75 Å². The number of carbonyl (C=O) groups is 1. The highest BCUT2D eigenvalue weighted by Gasteiger charge is 2.37. The van der Waals surface area contributed by atoms with Crippen molar-refractivity contribution < 1.29 is 23.2 Å². The summed E-state index contributed by atoms with van der Waals surface area (Å²) in [5.74, 6) is 0.0457. The highest BCUT2D eigenvalue weighted by Crippen LogP contribution is 2.28. The Kier molecular flexibility index (Phi) is 5.79. The number of hydrogen-bond acceptors (Lipinski definition) is 5. The lowest BCUT2D eigenvalue weighted by Crippen LogP contribution is -2.51. The van der Waals surface area contributed by atoms with Gasteiger partial charge in [-0.2, -0.15) is 4.31 Å². The average Bonchev–Trinajstić information content (AvgIpc) is 2.73. The van der Waals surface area contributed by atoms with Crippen LogP contribution in [0, 0.1) is 0 Å². The third kappa shape index (κ3) is 3.97. The Labute approximate surface area is 158 Å². The first-order valence-corrected chi connectivity index (χ1v) is 10.1. The average molecular weight is 390 g/mol. The molecule has 7 nitrogen and oxygen atoms in total. The third-order valence-electron chi connectivity index (χ3n) is 4.75. The molecule has 0 spiro atoms. The van der Waals surface area contributed by atoms with Crippen LogP contribution in [0.15, 0.2) is 53.4 Å². The normalized spacial score (nSPS) is 18.1. The van der Waals surface area contributed by atoms with E-state index < -0.39 is 22.0 Å². The Balaban J connectivity index is 1.87. The highest BCUT2D eigenvalue weighted by molar-refractivity contribution is 7.89. The first-order chi connectivity index (χ1) is 13.0. The topological polar surface area (TPSA) is 95.9 Å². The van der Waals surface area contributed by atoms with Gasteiger partial charge in [-0.05, 0) is 48.2 Å². The Hall–Kier alpha value is -2.42. The molecule has 27 heavy (non-hydrogen) atoms. The number of piperidine rings is 1. The lowest BCUT2D eigenvalue weighted by atomic mass is 10.0. The molecule has 0 bridgehead atoms. The molecule has 2 aromatic carbocycles. The lowest BCUT2D eigenvalue weighted by Gasteiger charge is -2.33. The van der Waals surface area contributed by atoms with Gasteiger partial charge in [0.1, 0.15) is 11.8 Å². The molecule has 1 atom stereocenters. The zero-order valence-corrected chi connectivity index (χ0v) is 15.8. The molecule has 1 amide bonds. The van der Waals surface area contributed by atoms with Crippen LogP contribution in [-0.4, -0.2) is 43.5 Å². The molecule has 8 heteroatoms. The number of hydroxylamine groups is 1. The predicted octanol–water partition coefficient (Wildman–Crippen LogP) is 2.41. The quantitative estimate of drug-likeness (QED) is 0.604. The maximum absolute atomic E-state index is 13.0. The molecule has 1 aliphatic rings. The van der Waals surface area contributed by atoms with Crippen LogP contribution in [0.25, 0.3) is 11.1 Å². The van der Waals surface area contributed by atoms with Gasteiger partial charge in [-0.3, -0.25) is 10.0 Å². The molecule has 2 N–H and O–H groups in total. The van der Waals surface area contributed by atoms with Gasteiger partial charge in [-0.1, -0.05) is 30.7 Å². The molecule has 0 unspecified atom stereocenters. The number of methoxy groups -OCH3 is 1. The van der Waals surface area contributed by atoms with E-state index in [0.717, 1.165) is 23.3 Å². The van der Waals surface area contributed by atoms with Crippen molar-refractivity contribution >= 4 is 15.9 Å². The summed E-state index contributed by atoms with van der Waals surface area (Å²) in [5, 5.41) is 8.91. The minimum Gasteiger partial charge on any atom is -0.497 e. The van der Waals surface area contributed by atoms with E-state index in [1.807, 2.05) is 24.3 Å². The van der Waals surface area contributed by atoms with E-state index >= 15 is 0 Å². The van der Waals surface area contributed by atoms with E-state index in [1.54, 1.807) is 24.7 Å². The summed E-state index contributed by atoms with van der Waals surface area (Å²) in [5.41, 5.74) is 3.39. The zero-order chi connectivity index (χ0) is 19.4. The molecule has 3 rings (SSSR count). The van der Waals surface area contributed by atoms with Crippen molar-refractivity contribution in [2.75, 3.05) is 13.7 Å². The summed E-state index contributed by atoms with van der Waals surface area (Å²) in [6.07, 6.45) is 1.80. The molecule has 144 valence electrons. The van der Waals surface area contributed by atoms with Crippen molar-refractivity contribution in [3.8, 4) is 16.9 Å². The fourth-order valence-electron chi connectivity index (χ4n) is 3.27. The largest absolute Gasteiger partial charge is 0.497 e. The SMILES string of the molecule is COc1ccc(-c2ccc(S(=O)(=O)N3CCCC[C@@H]3C(=O)NO)cc2)cc1. The minimum atomic E-state index is -3.83. The van der Waals surface area contributed by atoms with Gasteiger partial charge in [0.25, 0.3) is 5.91 Å². The van der Waals surface area contributed by atoms with Crippen molar-refractivity contribution in [3.63, 3.8) is 0 Å². The van der Waals surface area contributed by atoms with Gasteiger partial charge in [0.2, 0.25) is 10.0 Å². The summed E-state index contributed by atoms with van der Waals surface area (Å²) < 4.78 is 32.3. The smallest absolute Gasteiger partial charge is 0.261 e. The second-order valence-electron chi connectivity index (χ2n) is 6.36. The van der Waals surface area contributed by atoms with Crippen molar-refractivity contribution in [1.82, 2.24) is 9.79 Å². The molecule has 2 aromatic rings. The summed E-state index contributed by atoms with van der Waals surface area (Å²) in [4.78, 5) is 12.0. The second kappa shape index (κ2) is 8.08. The van der Waals surface area contributed by atoms with E-state index in [4.69, 9.17) is 9.94 Å². The number of sulfonamides is 1. The Morgan fingerprint density at radius 3 is 2.22 bits per heavy atom. The van der Waals surface area contributed by atoms with Crippen molar-refractivity contribution in [1.29, 1.82) is 0 Å². The van der Waals surface area contributed by atoms with Crippen LogP contribution in [0.2, 0.25) is 0 Å². The van der Waals surface area contributed by atoms with E-state index in [1.165, 1.54) is 16.4 Å². The summed E-state index contributed by atoms with van der Waals surface area (Å²) in [6.45, 7) is 0.251. The minimum absolute atomic E-state index is 0.123. The van der Waals surface area contributed by atoms with Crippen LogP contribution in [0.4, 0.5) is 0 Å². The zero-order valence-electron chi connectivity index (χ0n) is 15.0. The van der Waals surface area contributed by atoms with E-state index in [9.17, 15) is 13.2 Å². The predicted molar refractivity (Wildman–Crippen MR) is 99.9 cm³/mol. The van der Waals surface area contributed by atoms with Crippen LogP contribution in [0.1, 0.15) is 19.3 Å². The Morgan fingerprint density at radius 2 is 1.67 bits per heavy atom. The Morgan fingerprint density at radius 1 is 1.07 bits per heavy atom. The van der Waals surface area contributed by atoms with Crippen LogP contribution in [-0.2, 0) is 14.8 Å². The maximum atomic E-state index is 13.0. The fourth-order valence-corrected chi connectivity index (χ4v) is 4.92. The van der Waals surface area contributed by atoms with E-state index in [-0.39, 0.29) is 11.4 Å². The van der Waals surface area contributed by atoms with Crippen LogP contribution in [0.3, 0.4) is 0 Å². The van der Waals surface area contributed by atoms with Gasteiger partial charge in [-0.25, -0.2) is 13.9 Å². The molecule has 0 saturated carbocycles. The van der Waals surface area contributed by atoms with Gasteiger partial charge < -0.3 is 4.74 Å². The van der Waals surface area contributed by atoms with Crippen LogP contribution >= 0.6 is 0 Å². The fraction of sp³-hybridized carbons (Fsp3) is 0.316. The lowest BCUT2D eigenvalue weighted by molar-refractivity contribution is -0.134. The number of rotatable bonds is 5. The van der Waals surface area contributed by atoms with Crippen LogP contribution < -0.4 is 10.2 Å². The van der Waals surface area contributed by atoms with E-state index in [2.05, 4.69) is 0 Å². The molecular weight excluding hydrogens is 368 g/mol. The molecule has 0 aromatic heterocycles. The first kappa shape index (κ1) is 19.3. The number of benzene rings is 2. The molecule has 0 radical (unpaired) electrons. The van der Waals surface area contributed by atoms with Gasteiger partial charge in [-0.15, -0.1) is 0 Å². The van der Waals surface area contributed by atoms with Gasteiger partial charge in [0, 0.05) is 6.54 Å². The number of hydrogen-bond donors (Lipinski definition) is 2. The number of carbonyl (C=O) groups excluding carboxylic acids is 1. The molecule has 1 fully saturated rings. The molecular formula is C19H22N2O5S. The van der Waals surface area contributed by atoms with Crippen molar-refractivity contribution in [2.24, 2.45) is 0 Å². The summed E-state index contributed by atoms with van der Waals surface area (Å²) in [7, 11) is -2.24. The van der Waals surface area contributed by atoms with Gasteiger partial charge in [0.15, 0.2) is 0 Å². The monoisotopic (exact) mass is 390 g/mol. The highest BCUT2D eigenvalue weighted by atomic mass is 32.2. The summed E-state index contributed by atoms with van der Waals surface area (Å²) in [6, 6.07) is 13.1. The number of ether oxygens (including phenoxy) is 1. The number of nitrogens with one attached hydrogen (secondary N) is 1. The van der Waals surface area contributed by atoms with Gasteiger partial charge >= 0.3 is 0 Å². The standard InChI is InChI=1S/C19H22N2O5S/c1-26-16-9-5-14(6-10-16)15-7-11-17(12-8-15)27(24,25)21-13-3-2-4-18(21)19(22)20-23/h5-12,18,23H,2-4,13H2,1H3,(H,20,22)/t18-/m1/s1. The summed E-state index contributed by atoms with van der Waals surface area (Å²) >= 11 is 0. The Bertz CT molecular complexity index is 895. The number of nitrogens with zero attached hydrogens (tertiary/aromatic N) is 1. The van der Waals surface area contributed by atoms with Crippen molar-refractivity contribution in [2.45, 2.75) is 30.2 Å². The van der Waals surface area contributed by atoms with Crippen molar-refractivity contribution in [3.05, 3.63) is 48.5 Å². The second-order valence-corrected chi connectivity index (χ2v) is 8.25. The molecule has 1 heterocycles. The maximum Gasteiger partial charge on any atom is 0.261 e. The molecule has 1 aliphatic heterocycles. The first-order valence-electron chi connectivity index (χ1n) is 8.67. The van der Waals surface area contributed by atoms with E-state index in [0.29, 0.717) is 12.8 Å². The molecule has 1 saturated heterocycles. The molecule has 0 aliphatic carbocycles. The van der Waals surface area contributed by atoms with Gasteiger partial charge in [0.05, 0.1) is 12.0 Å².